The molecule has 1 fully saturated rings. The molecule has 1 aliphatic carbocycles. The molecule has 0 aliphatic heterocycles. The third-order valence-electron chi connectivity index (χ3n) is 3.90. The minimum Gasteiger partial charge on any atom is -0.327 e. The molecule has 0 spiro atoms. The van der Waals surface area contributed by atoms with E-state index in [-0.39, 0.29) is 11.5 Å². The molecule has 3 rings (SSSR count). The summed E-state index contributed by atoms with van der Waals surface area (Å²) in [5.41, 5.74) is 8.73. The molecule has 2 N–H and O–H groups in total. The van der Waals surface area contributed by atoms with E-state index < -0.39 is 0 Å². The largest absolute Gasteiger partial charge is 0.327 e. The molecule has 2 aromatic rings. The van der Waals surface area contributed by atoms with Crippen LogP contribution in [0.25, 0.3) is 10.9 Å². The van der Waals surface area contributed by atoms with Gasteiger partial charge in [0.2, 0.25) is 0 Å². The van der Waals surface area contributed by atoms with Gasteiger partial charge in [-0.05, 0) is 23.1 Å². The Morgan fingerprint density at radius 3 is 2.69 bits per heavy atom. The SMILES string of the molecule is CC1(C)C(N)C1c1ccc2cccnc2c1. The quantitative estimate of drug-likeness (QED) is 0.789. The highest BCUT2D eigenvalue weighted by molar-refractivity contribution is 5.79. The van der Waals surface area contributed by atoms with E-state index in [0.717, 1.165) is 5.52 Å². The lowest BCUT2D eigenvalue weighted by atomic mass is 10.0. The molecular formula is C14H16N2. The number of nitrogens with zero attached hydrogens (tertiary/aromatic N) is 1. The molecule has 2 unspecified atom stereocenters. The lowest BCUT2D eigenvalue weighted by Gasteiger charge is -2.04. The minimum atomic E-state index is 0.239. The van der Waals surface area contributed by atoms with E-state index in [1.165, 1.54) is 10.9 Å². The van der Waals surface area contributed by atoms with Gasteiger partial charge in [0, 0.05) is 23.5 Å². The van der Waals surface area contributed by atoms with Crippen molar-refractivity contribution in [3.63, 3.8) is 0 Å². The predicted octanol–water partition coefficient (Wildman–Crippen LogP) is 2.69. The zero-order chi connectivity index (χ0) is 11.3. The predicted molar refractivity (Wildman–Crippen MR) is 66.2 cm³/mol. The fourth-order valence-electron chi connectivity index (χ4n) is 2.59. The molecule has 1 aromatic heterocycles. The molecular weight excluding hydrogens is 196 g/mol. The van der Waals surface area contributed by atoms with E-state index in [4.69, 9.17) is 5.73 Å². The van der Waals surface area contributed by atoms with Crippen LogP contribution in [0.2, 0.25) is 0 Å². The van der Waals surface area contributed by atoms with Gasteiger partial charge in [0.1, 0.15) is 0 Å². The maximum Gasteiger partial charge on any atom is 0.0704 e. The molecule has 0 bridgehead atoms. The van der Waals surface area contributed by atoms with Crippen molar-refractivity contribution in [2.75, 3.05) is 0 Å². The van der Waals surface area contributed by atoms with Crippen molar-refractivity contribution in [2.45, 2.75) is 25.8 Å². The first-order valence-electron chi connectivity index (χ1n) is 5.71. The number of benzene rings is 1. The van der Waals surface area contributed by atoms with Gasteiger partial charge >= 0.3 is 0 Å². The van der Waals surface area contributed by atoms with Crippen molar-refractivity contribution in [3.05, 3.63) is 42.1 Å². The van der Waals surface area contributed by atoms with Crippen molar-refractivity contribution in [1.82, 2.24) is 4.98 Å². The Bertz CT molecular complexity index is 545. The Hall–Kier alpha value is -1.41. The molecule has 2 nitrogen and oxygen atoms in total. The molecule has 2 atom stereocenters. The summed E-state index contributed by atoms with van der Waals surface area (Å²) >= 11 is 0. The molecule has 0 amide bonds. The first-order valence-corrected chi connectivity index (χ1v) is 5.71. The molecule has 82 valence electrons. The average molecular weight is 212 g/mol. The third-order valence-corrected chi connectivity index (χ3v) is 3.90. The van der Waals surface area contributed by atoms with Gasteiger partial charge < -0.3 is 5.73 Å². The van der Waals surface area contributed by atoms with Crippen LogP contribution in [0.15, 0.2) is 36.5 Å². The van der Waals surface area contributed by atoms with E-state index in [1.807, 2.05) is 12.3 Å². The van der Waals surface area contributed by atoms with Crippen molar-refractivity contribution >= 4 is 10.9 Å². The van der Waals surface area contributed by atoms with E-state index >= 15 is 0 Å². The first kappa shape index (κ1) is 9.79. The number of nitrogens with two attached hydrogens (primary N) is 1. The Morgan fingerprint density at radius 2 is 2.00 bits per heavy atom. The molecule has 0 radical (unpaired) electrons. The van der Waals surface area contributed by atoms with Crippen LogP contribution in [0.1, 0.15) is 25.3 Å². The van der Waals surface area contributed by atoms with Gasteiger partial charge in [-0.25, -0.2) is 0 Å². The summed E-state index contributed by atoms with van der Waals surface area (Å²) in [6.45, 7) is 4.45. The summed E-state index contributed by atoms with van der Waals surface area (Å²) in [7, 11) is 0. The Kier molecular flexibility index (Phi) is 1.86. The van der Waals surface area contributed by atoms with Gasteiger partial charge in [0.15, 0.2) is 0 Å². The van der Waals surface area contributed by atoms with Crippen LogP contribution in [0.5, 0.6) is 0 Å². The second kappa shape index (κ2) is 3.05. The topological polar surface area (TPSA) is 38.9 Å². The average Bonchev–Trinajstić information content (AvgIpc) is 2.78. The maximum atomic E-state index is 6.10. The van der Waals surface area contributed by atoms with Gasteiger partial charge in [0.25, 0.3) is 0 Å². The number of hydrogen-bond donors (Lipinski definition) is 1. The van der Waals surface area contributed by atoms with Crippen molar-refractivity contribution in [2.24, 2.45) is 11.1 Å². The summed E-state index contributed by atoms with van der Waals surface area (Å²) in [5.74, 6) is 0.485. The van der Waals surface area contributed by atoms with Crippen LogP contribution in [-0.4, -0.2) is 11.0 Å². The van der Waals surface area contributed by atoms with E-state index in [9.17, 15) is 0 Å². The van der Waals surface area contributed by atoms with Crippen molar-refractivity contribution < 1.29 is 0 Å². The standard InChI is InChI=1S/C14H16N2/c1-14(2)12(13(14)15)10-6-5-9-4-3-7-16-11(9)8-10/h3-8,12-13H,15H2,1-2H3. The number of aromatic nitrogens is 1. The van der Waals surface area contributed by atoms with Crippen LogP contribution in [-0.2, 0) is 0 Å². The molecule has 1 aliphatic rings. The van der Waals surface area contributed by atoms with Crippen molar-refractivity contribution in [3.8, 4) is 0 Å². The molecule has 2 heteroatoms. The highest BCUT2D eigenvalue weighted by Gasteiger charge is 2.56. The fraction of sp³-hybridized carbons (Fsp3) is 0.357. The van der Waals surface area contributed by atoms with E-state index in [2.05, 4.69) is 43.1 Å². The monoisotopic (exact) mass is 212 g/mol. The Balaban J connectivity index is 2.07. The summed E-state index contributed by atoms with van der Waals surface area (Å²) in [6, 6.07) is 10.8. The first-order chi connectivity index (χ1) is 7.60. The summed E-state index contributed by atoms with van der Waals surface area (Å²) in [6.07, 6.45) is 1.84. The summed E-state index contributed by atoms with van der Waals surface area (Å²) in [4.78, 5) is 4.38. The minimum absolute atomic E-state index is 0.239. The van der Waals surface area contributed by atoms with Crippen LogP contribution in [0, 0.1) is 5.41 Å². The molecule has 16 heavy (non-hydrogen) atoms. The highest BCUT2D eigenvalue weighted by Crippen LogP contribution is 2.57. The zero-order valence-corrected chi connectivity index (χ0v) is 9.64. The lowest BCUT2D eigenvalue weighted by molar-refractivity contribution is 0.599. The van der Waals surface area contributed by atoms with Crippen LogP contribution in [0.4, 0.5) is 0 Å². The lowest BCUT2D eigenvalue weighted by Crippen LogP contribution is -2.06. The fourth-order valence-corrected chi connectivity index (χ4v) is 2.59. The second-order valence-electron chi connectivity index (χ2n) is 5.28. The van der Waals surface area contributed by atoms with E-state index in [1.54, 1.807) is 0 Å². The smallest absolute Gasteiger partial charge is 0.0704 e. The number of pyridine rings is 1. The molecule has 1 heterocycles. The Labute approximate surface area is 95.5 Å². The van der Waals surface area contributed by atoms with Crippen LogP contribution < -0.4 is 5.73 Å². The number of rotatable bonds is 1. The number of fused-ring (bicyclic) bond motifs is 1. The normalized spacial score (nSPS) is 26.9. The summed E-state index contributed by atoms with van der Waals surface area (Å²) in [5, 5.41) is 1.19. The van der Waals surface area contributed by atoms with Gasteiger partial charge in [0.05, 0.1) is 5.52 Å². The maximum absolute atomic E-state index is 6.10. The van der Waals surface area contributed by atoms with E-state index in [0.29, 0.717) is 5.92 Å². The van der Waals surface area contributed by atoms with Gasteiger partial charge in [-0.2, -0.15) is 0 Å². The zero-order valence-electron chi connectivity index (χ0n) is 9.64. The molecule has 1 aromatic carbocycles. The Morgan fingerprint density at radius 1 is 1.25 bits per heavy atom. The second-order valence-corrected chi connectivity index (χ2v) is 5.28. The van der Waals surface area contributed by atoms with Crippen molar-refractivity contribution in [1.29, 1.82) is 0 Å². The molecule has 0 saturated heterocycles. The third kappa shape index (κ3) is 1.26. The highest BCUT2D eigenvalue weighted by atomic mass is 14.8. The van der Waals surface area contributed by atoms with Crippen LogP contribution >= 0.6 is 0 Å². The van der Waals surface area contributed by atoms with Gasteiger partial charge in [-0.1, -0.05) is 32.0 Å². The van der Waals surface area contributed by atoms with Crippen LogP contribution in [0.3, 0.4) is 0 Å². The summed E-state index contributed by atoms with van der Waals surface area (Å²) < 4.78 is 0. The van der Waals surface area contributed by atoms with Gasteiger partial charge in [-0.15, -0.1) is 0 Å². The van der Waals surface area contributed by atoms with Gasteiger partial charge in [-0.3, -0.25) is 4.98 Å². The molecule has 1 saturated carbocycles. The number of hydrogen-bond acceptors (Lipinski definition) is 2.